The van der Waals surface area contributed by atoms with Gasteiger partial charge in [-0.3, -0.25) is 4.79 Å². The van der Waals surface area contributed by atoms with E-state index in [0.29, 0.717) is 36.1 Å². The van der Waals surface area contributed by atoms with E-state index in [-0.39, 0.29) is 6.03 Å². The Bertz CT molecular complexity index is 571. The second-order valence-electron chi connectivity index (χ2n) is 5.41. The molecule has 2 rings (SSSR count). The molecule has 0 atom stereocenters. The van der Waals surface area contributed by atoms with Crippen molar-refractivity contribution in [3.63, 3.8) is 0 Å². The lowest BCUT2D eigenvalue weighted by molar-refractivity contribution is -0.150. The summed E-state index contributed by atoms with van der Waals surface area (Å²) < 4.78 is 13.7. The number of benzene rings is 1. The van der Waals surface area contributed by atoms with Gasteiger partial charge in [-0.25, -0.2) is 9.18 Å². The minimum absolute atomic E-state index is 0.329. The number of hydrogen-bond acceptors (Lipinski definition) is 2. The molecule has 0 bridgehead atoms. The number of urea groups is 1. The van der Waals surface area contributed by atoms with E-state index in [0.717, 1.165) is 0 Å². The van der Waals surface area contributed by atoms with Gasteiger partial charge in [0.15, 0.2) is 0 Å². The van der Waals surface area contributed by atoms with E-state index < -0.39 is 17.2 Å². The minimum atomic E-state index is -0.836. The highest BCUT2D eigenvalue weighted by Gasteiger charge is 2.38. The molecule has 1 heterocycles. The topological polar surface area (TPSA) is 69.6 Å². The number of amides is 2. The van der Waals surface area contributed by atoms with Crippen molar-refractivity contribution in [2.75, 3.05) is 18.4 Å². The first-order valence-electron chi connectivity index (χ1n) is 6.56. The molecular formula is C14H16BrFN2O3. The number of hydrogen-bond donors (Lipinski definition) is 2. The van der Waals surface area contributed by atoms with Crippen LogP contribution in [0.2, 0.25) is 0 Å². The van der Waals surface area contributed by atoms with Crippen LogP contribution in [-0.2, 0) is 4.79 Å². The first-order chi connectivity index (χ1) is 9.82. The van der Waals surface area contributed by atoms with Gasteiger partial charge in [0.25, 0.3) is 0 Å². The Hall–Kier alpha value is -1.63. The zero-order chi connectivity index (χ0) is 15.6. The number of nitrogens with zero attached hydrogens (tertiary/aromatic N) is 1. The van der Waals surface area contributed by atoms with Crippen LogP contribution in [0.1, 0.15) is 19.8 Å². The molecule has 21 heavy (non-hydrogen) atoms. The molecule has 1 aliphatic rings. The van der Waals surface area contributed by atoms with Gasteiger partial charge in [-0.1, -0.05) is 0 Å². The molecule has 0 aliphatic carbocycles. The molecule has 1 saturated heterocycles. The molecule has 1 fully saturated rings. The molecule has 0 unspecified atom stereocenters. The van der Waals surface area contributed by atoms with E-state index in [1.165, 1.54) is 12.1 Å². The highest BCUT2D eigenvalue weighted by molar-refractivity contribution is 9.10. The van der Waals surface area contributed by atoms with Gasteiger partial charge in [0.1, 0.15) is 5.82 Å². The lowest BCUT2D eigenvalue weighted by Crippen LogP contribution is -2.46. The molecule has 114 valence electrons. The lowest BCUT2D eigenvalue weighted by Gasteiger charge is -2.36. The van der Waals surface area contributed by atoms with Crippen molar-refractivity contribution in [1.29, 1.82) is 0 Å². The van der Waals surface area contributed by atoms with Crippen molar-refractivity contribution in [3.8, 4) is 0 Å². The van der Waals surface area contributed by atoms with Gasteiger partial charge in [0.2, 0.25) is 0 Å². The third-order valence-corrected chi connectivity index (χ3v) is 4.48. The van der Waals surface area contributed by atoms with Crippen LogP contribution in [0.15, 0.2) is 22.7 Å². The van der Waals surface area contributed by atoms with Crippen LogP contribution in [0.3, 0.4) is 0 Å². The Morgan fingerprint density at radius 3 is 2.52 bits per heavy atom. The predicted octanol–water partition coefficient (Wildman–Crippen LogP) is 3.31. The fourth-order valence-corrected chi connectivity index (χ4v) is 2.44. The van der Waals surface area contributed by atoms with Crippen molar-refractivity contribution in [3.05, 3.63) is 28.5 Å². The largest absolute Gasteiger partial charge is 0.481 e. The summed E-state index contributed by atoms with van der Waals surface area (Å²) in [6.45, 7) is 2.43. The number of likely N-dealkylation sites (tertiary alicyclic amines) is 1. The molecule has 2 amide bonds. The number of nitrogens with one attached hydrogen (secondary N) is 1. The van der Waals surface area contributed by atoms with Crippen LogP contribution in [0.25, 0.3) is 0 Å². The molecule has 5 nitrogen and oxygen atoms in total. The molecule has 1 aliphatic heterocycles. The molecular weight excluding hydrogens is 343 g/mol. The van der Waals surface area contributed by atoms with Crippen molar-refractivity contribution in [2.24, 2.45) is 5.41 Å². The molecule has 0 saturated carbocycles. The predicted molar refractivity (Wildman–Crippen MR) is 79.7 cm³/mol. The van der Waals surface area contributed by atoms with Crippen LogP contribution in [0.5, 0.6) is 0 Å². The Balaban J connectivity index is 1.96. The maximum Gasteiger partial charge on any atom is 0.321 e. The fraction of sp³-hybridized carbons (Fsp3) is 0.429. The van der Waals surface area contributed by atoms with Gasteiger partial charge in [-0.05, 0) is 53.9 Å². The number of carbonyl (C=O) groups excluding carboxylic acids is 1. The first kappa shape index (κ1) is 15.8. The fourth-order valence-electron chi connectivity index (χ4n) is 2.19. The Morgan fingerprint density at radius 1 is 1.38 bits per heavy atom. The van der Waals surface area contributed by atoms with Crippen LogP contribution in [0, 0.1) is 11.2 Å². The normalized spacial score (nSPS) is 17.4. The number of carboxylic acids is 1. The highest BCUT2D eigenvalue weighted by atomic mass is 79.9. The summed E-state index contributed by atoms with van der Waals surface area (Å²) in [4.78, 5) is 24.8. The van der Waals surface area contributed by atoms with Gasteiger partial charge in [-0.15, -0.1) is 0 Å². The molecule has 1 aromatic rings. The Labute approximate surface area is 130 Å². The summed E-state index contributed by atoms with van der Waals surface area (Å²) in [6, 6.07) is 4.00. The van der Waals surface area contributed by atoms with Crippen LogP contribution < -0.4 is 5.32 Å². The zero-order valence-electron chi connectivity index (χ0n) is 11.5. The average molecular weight is 359 g/mol. The third kappa shape index (κ3) is 3.53. The van der Waals surface area contributed by atoms with E-state index >= 15 is 0 Å². The van der Waals surface area contributed by atoms with E-state index in [2.05, 4.69) is 21.2 Å². The number of rotatable bonds is 2. The summed E-state index contributed by atoms with van der Waals surface area (Å²) in [5.74, 6) is -1.29. The van der Waals surface area contributed by atoms with Gasteiger partial charge < -0.3 is 15.3 Å². The first-order valence-corrected chi connectivity index (χ1v) is 7.35. The summed E-state index contributed by atoms with van der Waals surface area (Å²) in [6.07, 6.45) is 0.814. The molecule has 0 aromatic heterocycles. The summed E-state index contributed by atoms with van der Waals surface area (Å²) in [5.41, 5.74) is -0.409. The van der Waals surface area contributed by atoms with Gasteiger partial charge in [0.05, 0.1) is 9.89 Å². The van der Waals surface area contributed by atoms with Gasteiger partial charge >= 0.3 is 12.0 Å². The van der Waals surface area contributed by atoms with Crippen molar-refractivity contribution < 1.29 is 19.1 Å². The standard InChI is InChI=1S/C14H16BrFN2O3/c1-14(12(19)20)4-6-18(7-5-14)13(21)17-9-2-3-10(15)11(16)8-9/h2-3,8H,4-7H2,1H3,(H,17,21)(H,19,20). The lowest BCUT2D eigenvalue weighted by atomic mass is 9.80. The van der Waals surface area contributed by atoms with Crippen LogP contribution >= 0.6 is 15.9 Å². The van der Waals surface area contributed by atoms with Gasteiger partial charge in [0, 0.05) is 18.8 Å². The number of halogens is 2. The Morgan fingerprint density at radius 2 is 2.00 bits per heavy atom. The van der Waals surface area contributed by atoms with E-state index in [9.17, 15) is 14.0 Å². The average Bonchev–Trinajstić information content (AvgIpc) is 2.43. The van der Waals surface area contributed by atoms with Gasteiger partial charge in [-0.2, -0.15) is 0 Å². The SMILES string of the molecule is CC1(C(=O)O)CCN(C(=O)Nc2ccc(Br)c(F)c2)CC1. The number of piperidine rings is 1. The van der Waals surface area contributed by atoms with Crippen LogP contribution in [-0.4, -0.2) is 35.1 Å². The van der Waals surface area contributed by atoms with Crippen LogP contribution in [0.4, 0.5) is 14.9 Å². The third-order valence-electron chi connectivity index (χ3n) is 3.84. The maximum absolute atomic E-state index is 13.4. The smallest absolute Gasteiger partial charge is 0.321 e. The second-order valence-corrected chi connectivity index (χ2v) is 6.27. The molecule has 0 spiro atoms. The number of carbonyl (C=O) groups is 2. The quantitative estimate of drug-likeness (QED) is 0.851. The molecule has 0 radical (unpaired) electrons. The summed E-state index contributed by atoms with van der Waals surface area (Å²) in [7, 11) is 0. The Kier molecular flexibility index (Phi) is 4.51. The molecule has 7 heteroatoms. The van der Waals surface area contributed by atoms with Crippen molar-refractivity contribution in [2.45, 2.75) is 19.8 Å². The zero-order valence-corrected chi connectivity index (χ0v) is 13.1. The summed E-state index contributed by atoms with van der Waals surface area (Å²) >= 11 is 3.04. The second kappa shape index (κ2) is 6.01. The van der Waals surface area contributed by atoms with Crippen molar-refractivity contribution >= 4 is 33.6 Å². The number of carboxylic acid groups (broad SMARTS) is 1. The molecule has 2 N–H and O–H groups in total. The van der Waals surface area contributed by atoms with E-state index in [1.807, 2.05) is 0 Å². The monoisotopic (exact) mass is 358 g/mol. The van der Waals surface area contributed by atoms with Crippen molar-refractivity contribution in [1.82, 2.24) is 4.90 Å². The number of anilines is 1. The minimum Gasteiger partial charge on any atom is -0.481 e. The highest BCUT2D eigenvalue weighted by Crippen LogP contribution is 2.31. The van der Waals surface area contributed by atoms with E-state index in [1.54, 1.807) is 17.9 Å². The summed E-state index contributed by atoms with van der Waals surface area (Å²) in [5, 5.41) is 11.8. The molecule has 1 aromatic carbocycles. The number of aliphatic carboxylic acids is 1. The maximum atomic E-state index is 13.4. The van der Waals surface area contributed by atoms with E-state index in [4.69, 9.17) is 5.11 Å².